The molecule has 9 nitrogen and oxygen atoms in total. The summed E-state index contributed by atoms with van der Waals surface area (Å²) in [6.07, 6.45) is 4.07. The van der Waals surface area contributed by atoms with Crippen molar-refractivity contribution in [2.45, 2.75) is 50.5 Å². The molecule has 0 aromatic heterocycles. The molecule has 0 radical (unpaired) electrons. The van der Waals surface area contributed by atoms with Crippen molar-refractivity contribution in [2.75, 3.05) is 36.8 Å². The number of nitrogens with one attached hydrogen (secondary N) is 1. The van der Waals surface area contributed by atoms with Gasteiger partial charge >= 0.3 is 0 Å². The van der Waals surface area contributed by atoms with E-state index in [9.17, 15) is 21.6 Å². The molecule has 0 aliphatic carbocycles. The van der Waals surface area contributed by atoms with Crippen molar-refractivity contribution in [1.82, 2.24) is 9.62 Å². The highest BCUT2D eigenvalue weighted by atomic mass is 35.5. The lowest BCUT2D eigenvalue weighted by atomic mass is 10.1. The average molecular weight is 572 g/mol. The normalized spacial score (nSPS) is 15.7. The van der Waals surface area contributed by atoms with Crippen LogP contribution in [0.3, 0.4) is 0 Å². The molecule has 204 valence electrons. The Bertz CT molecular complexity index is 1290. The summed E-state index contributed by atoms with van der Waals surface area (Å²) >= 11 is 6.20. The van der Waals surface area contributed by atoms with Crippen LogP contribution in [0, 0.1) is 6.92 Å². The summed E-state index contributed by atoms with van der Waals surface area (Å²) in [6, 6.07) is 10.1. The number of amides is 1. The third kappa shape index (κ3) is 7.37. The van der Waals surface area contributed by atoms with Gasteiger partial charge in [-0.1, -0.05) is 31.0 Å². The molecule has 37 heavy (non-hydrogen) atoms. The van der Waals surface area contributed by atoms with E-state index in [1.807, 2.05) is 6.92 Å². The van der Waals surface area contributed by atoms with E-state index in [0.29, 0.717) is 29.5 Å². The monoisotopic (exact) mass is 571 g/mol. The fraction of sp³-hybridized carbons (Fsp3) is 0.480. The lowest BCUT2D eigenvalue weighted by Gasteiger charge is -2.30. The number of sulfonamides is 2. The van der Waals surface area contributed by atoms with Crippen molar-refractivity contribution < 1.29 is 26.4 Å². The lowest BCUT2D eigenvalue weighted by molar-refractivity contribution is -0.122. The smallest absolute Gasteiger partial charge is 0.244 e. The van der Waals surface area contributed by atoms with Gasteiger partial charge in [-0.3, -0.25) is 9.10 Å². The van der Waals surface area contributed by atoms with Gasteiger partial charge in [0, 0.05) is 18.1 Å². The van der Waals surface area contributed by atoms with Crippen LogP contribution < -0.4 is 14.4 Å². The molecule has 2 aromatic carbocycles. The zero-order chi connectivity index (χ0) is 27.2. The molecule has 0 unspecified atom stereocenters. The van der Waals surface area contributed by atoms with Gasteiger partial charge in [-0.2, -0.15) is 4.31 Å². The van der Waals surface area contributed by atoms with Gasteiger partial charge in [0.05, 0.1) is 23.4 Å². The number of anilines is 1. The van der Waals surface area contributed by atoms with Gasteiger partial charge in [-0.25, -0.2) is 16.8 Å². The van der Waals surface area contributed by atoms with Gasteiger partial charge < -0.3 is 10.1 Å². The number of nitrogens with zero attached hydrogens (tertiary/aromatic N) is 2. The van der Waals surface area contributed by atoms with Gasteiger partial charge in [0.1, 0.15) is 18.4 Å². The van der Waals surface area contributed by atoms with E-state index in [4.69, 9.17) is 16.3 Å². The Morgan fingerprint density at radius 1 is 1.08 bits per heavy atom. The maximum Gasteiger partial charge on any atom is 0.244 e. The molecule has 0 saturated carbocycles. The first-order valence-electron chi connectivity index (χ1n) is 12.2. The molecule has 0 spiro atoms. The second-order valence-electron chi connectivity index (χ2n) is 8.99. The quantitative estimate of drug-likeness (QED) is 0.413. The fourth-order valence-corrected chi connectivity index (χ4v) is 7.10. The summed E-state index contributed by atoms with van der Waals surface area (Å²) in [7, 11) is -7.29. The minimum atomic E-state index is -3.77. The SMILES string of the molecule is CC[C@H](C(=O)NCCOc1ccc(S(=O)(=O)N2CCCCC2)cc1)N(c1ccc(C)c(Cl)c1)S(C)(=O)=O. The first-order valence-corrected chi connectivity index (χ1v) is 15.9. The average Bonchev–Trinajstić information content (AvgIpc) is 2.87. The summed E-state index contributed by atoms with van der Waals surface area (Å²) in [5, 5.41) is 3.13. The van der Waals surface area contributed by atoms with Crippen LogP contribution in [0.15, 0.2) is 47.4 Å². The van der Waals surface area contributed by atoms with Gasteiger partial charge in [0.2, 0.25) is 26.0 Å². The number of benzene rings is 2. The first-order chi connectivity index (χ1) is 17.4. The third-order valence-electron chi connectivity index (χ3n) is 6.19. The third-order valence-corrected chi connectivity index (χ3v) is 9.69. The number of ether oxygens (including phenoxy) is 1. The highest BCUT2D eigenvalue weighted by Crippen LogP contribution is 2.28. The molecule has 1 amide bonds. The van der Waals surface area contributed by atoms with Gasteiger partial charge in [0.25, 0.3) is 0 Å². The zero-order valence-corrected chi connectivity index (χ0v) is 23.7. The van der Waals surface area contributed by atoms with E-state index in [2.05, 4.69) is 5.32 Å². The van der Waals surface area contributed by atoms with Gasteiger partial charge in [-0.05, 0) is 68.1 Å². The van der Waals surface area contributed by atoms with E-state index in [1.165, 1.54) is 22.5 Å². The minimum Gasteiger partial charge on any atom is -0.492 e. The summed E-state index contributed by atoms with van der Waals surface area (Å²) in [5.41, 5.74) is 1.11. The van der Waals surface area contributed by atoms with Crippen molar-refractivity contribution in [2.24, 2.45) is 0 Å². The summed E-state index contributed by atoms with van der Waals surface area (Å²) in [4.78, 5) is 13.1. The van der Waals surface area contributed by atoms with E-state index in [1.54, 1.807) is 31.2 Å². The molecule has 1 heterocycles. The number of halogens is 1. The second kappa shape index (κ2) is 12.5. The summed E-state index contributed by atoms with van der Waals surface area (Å²) in [6.45, 7) is 4.86. The number of hydrogen-bond acceptors (Lipinski definition) is 6. The largest absolute Gasteiger partial charge is 0.492 e. The Balaban J connectivity index is 1.59. The van der Waals surface area contributed by atoms with Crippen molar-refractivity contribution in [1.29, 1.82) is 0 Å². The van der Waals surface area contributed by atoms with Gasteiger partial charge in [-0.15, -0.1) is 0 Å². The predicted molar refractivity (Wildman–Crippen MR) is 145 cm³/mol. The van der Waals surface area contributed by atoms with E-state index in [0.717, 1.165) is 35.4 Å². The van der Waals surface area contributed by atoms with Crippen molar-refractivity contribution in [3.05, 3.63) is 53.1 Å². The number of carbonyl (C=O) groups is 1. The highest BCUT2D eigenvalue weighted by molar-refractivity contribution is 7.92. The van der Waals surface area contributed by atoms with Crippen molar-refractivity contribution in [3.63, 3.8) is 0 Å². The summed E-state index contributed by atoms with van der Waals surface area (Å²) < 4.78 is 58.9. The van der Waals surface area contributed by atoms with Crippen molar-refractivity contribution >= 4 is 43.2 Å². The molecule has 1 aliphatic rings. The molecule has 12 heteroatoms. The predicted octanol–water partition coefficient (Wildman–Crippen LogP) is 3.56. The maximum atomic E-state index is 12.9. The highest BCUT2D eigenvalue weighted by Gasteiger charge is 2.31. The number of hydrogen-bond donors (Lipinski definition) is 1. The minimum absolute atomic E-state index is 0.121. The number of aryl methyl sites for hydroxylation is 1. The standard InChI is InChI=1S/C25H34ClN3O6S2/c1-4-24(29(36(3,31)32)20-9-8-19(2)23(26)18-20)25(30)27-14-17-35-21-10-12-22(13-11-21)37(33,34)28-15-6-5-7-16-28/h8-13,18,24H,4-7,14-17H2,1-3H3,(H,27,30)/t24-/m1/s1. The molecule has 2 aromatic rings. The molecular weight excluding hydrogens is 538 g/mol. The number of piperidine rings is 1. The molecule has 1 aliphatic heterocycles. The van der Waals surface area contributed by atoms with Crippen LogP contribution in [0.25, 0.3) is 0 Å². The number of carbonyl (C=O) groups excluding carboxylic acids is 1. The van der Waals surface area contributed by atoms with Crippen LogP contribution in [0.1, 0.15) is 38.2 Å². The zero-order valence-electron chi connectivity index (χ0n) is 21.3. The Morgan fingerprint density at radius 2 is 1.73 bits per heavy atom. The molecule has 3 rings (SSSR count). The van der Waals surface area contributed by atoms with Crippen LogP contribution in [0.2, 0.25) is 5.02 Å². The molecular formula is C25H34ClN3O6S2. The maximum absolute atomic E-state index is 12.9. The lowest BCUT2D eigenvalue weighted by Crippen LogP contribution is -2.50. The topological polar surface area (TPSA) is 113 Å². The van der Waals surface area contributed by atoms with Crippen LogP contribution in [-0.2, 0) is 24.8 Å². The molecule has 1 atom stereocenters. The van der Waals surface area contributed by atoms with Gasteiger partial charge in [0.15, 0.2) is 0 Å². The van der Waals surface area contributed by atoms with Crippen LogP contribution in [0.4, 0.5) is 5.69 Å². The van der Waals surface area contributed by atoms with E-state index in [-0.39, 0.29) is 24.5 Å². The van der Waals surface area contributed by atoms with E-state index >= 15 is 0 Å². The molecule has 0 bridgehead atoms. The van der Waals surface area contributed by atoms with Crippen LogP contribution >= 0.6 is 11.6 Å². The van der Waals surface area contributed by atoms with Crippen molar-refractivity contribution in [3.8, 4) is 5.75 Å². The molecule has 1 saturated heterocycles. The first kappa shape index (κ1) is 29.2. The summed E-state index contributed by atoms with van der Waals surface area (Å²) in [5.74, 6) is 0.00198. The Hall–Kier alpha value is -2.34. The Morgan fingerprint density at radius 3 is 2.30 bits per heavy atom. The second-order valence-corrected chi connectivity index (χ2v) is 13.2. The Labute approximate surface area is 224 Å². The molecule has 1 N–H and O–H groups in total. The molecule has 1 fully saturated rings. The van der Waals surface area contributed by atoms with E-state index < -0.39 is 32.0 Å². The Kier molecular flexibility index (Phi) is 9.85. The number of rotatable bonds is 11. The fourth-order valence-electron chi connectivity index (χ4n) is 4.20. The van der Waals surface area contributed by atoms with Crippen LogP contribution in [0.5, 0.6) is 5.75 Å². The van der Waals surface area contributed by atoms with Crippen LogP contribution in [-0.4, -0.2) is 65.6 Å².